The Hall–Kier alpha value is -1.65. The lowest BCUT2D eigenvalue weighted by Gasteiger charge is -2.04. The Labute approximate surface area is 150 Å². The summed E-state index contributed by atoms with van der Waals surface area (Å²) in [6.45, 7) is 4.17. The molecule has 0 atom stereocenters. The molecule has 0 aliphatic carbocycles. The van der Waals surface area contributed by atoms with E-state index in [1.165, 1.54) is 11.1 Å². The van der Waals surface area contributed by atoms with Crippen molar-refractivity contribution in [1.82, 2.24) is 4.98 Å². The number of hydrogen-bond acceptors (Lipinski definition) is 2. The van der Waals surface area contributed by atoms with Crippen LogP contribution in [-0.2, 0) is 0 Å². The molecule has 1 aromatic heterocycles. The summed E-state index contributed by atoms with van der Waals surface area (Å²) in [5, 5.41) is 2.27. The predicted molar refractivity (Wildman–Crippen MR) is 102 cm³/mol. The van der Waals surface area contributed by atoms with Crippen LogP contribution in [0, 0.1) is 13.8 Å². The minimum absolute atomic E-state index is 0.648. The van der Waals surface area contributed by atoms with Crippen LogP contribution >= 0.6 is 31.9 Å². The first-order valence-corrected chi connectivity index (χ1v) is 8.88. The highest BCUT2D eigenvalue weighted by atomic mass is 79.9. The minimum Gasteiger partial charge on any atom is -0.435 e. The van der Waals surface area contributed by atoms with E-state index in [9.17, 15) is 0 Å². The monoisotopic (exact) mass is 429 g/mol. The smallest absolute Gasteiger partial charge is 0.228 e. The zero-order valence-corrected chi connectivity index (χ0v) is 15.8. The van der Waals surface area contributed by atoms with Crippen molar-refractivity contribution in [1.29, 1.82) is 0 Å². The van der Waals surface area contributed by atoms with E-state index in [0.29, 0.717) is 5.89 Å². The zero-order chi connectivity index (χ0) is 16.1. The molecule has 0 N–H and O–H groups in total. The second-order valence-corrected chi connectivity index (χ2v) is 7.29. The highest BCUT2D eigenvalue weighted by molar-refractivity contribution is 9.11. The predicted octanol–water partition coefficient (Wildman–Crippen LogP) is 6.79. The van der Waals surface area contributed by atoms with Gasteiger partial charge in [0.05, 0.1) is 4.47 Å². The standard InChI is InChI=1S/C19H13Br2NO/c1-10-9-16-18(17(21)11(10)2)23-19(22-16)14-7-3-6-13-12(14)5-4-8-15(13)20/h3-9H,1-2H3. The molecule has 3 aromatic carbocycles. The third-order valence-corrected chi connectivity index (χ3v) is 5.87. The number of aromatic nitrogens is 1. The summed E-state index contributed by atoms with van der Waals surface area (Å²) in [7, 11) is 0. The van der Waals surface area contributed by atoms with E-state index in [-0.39, 0.29) is 0 Å². The molecule has 0 radical (unpaired) electrons. The van der Waals surface area contributed by atoms with Gasteiger partial charge in [0, 0.05) is 10.0 Å². The molecule has 4 heteroatoms. The first kappa shape index (κ1) is 14.9. The van der Waals surface area contributed by atoms with Crippen molar-refractivity contribution in [2.45, 2.75) is 13.8 Å². The van der Waals surface area contributed by atoms with Crippen LogP contribution in [0.4, 0.5) is 0 Å². The molecule has 114 valence electrons. The van der Waals surface area contributed by atoms with Crippen molar-refractivity contribution < 1.29 is 4.42 Å². The first-order valence-electron chi connectivity index (χ1n) is 7.30. The van der Waals surface area contributed by atoms with Crippen LogP contribution in [0.2, 0.25) is 0 Å². The van der Waals surface area contributed by atoms with Crippen molar-refractivity contribution >= 4 is 53.7 Å². The number of nitrogens with zero attached hydrogens (tertiary/aromatic N) is 1. The van der Waals surface area contributed by atoms with Gasteiger partial charge in [0.25, 0.3) is 0 Å². The Morgan fingerprint density at radius 3 is 2.52 bits per heavy atom. The second kappa shape index (κ2) is 5.46. The van der Waals surface area contributed by atoms with Gasteiger partial charge in [-0.3, -0.25) is 0 Å². The van der Waals surface area contributed by atoms with Gasteiger partial charge in [0.2, 0.25) is 5.89 Å². The van der Waals surface area contributed by atoms with Gasteiger partial charge in [0.1, 0.15) is 5.52 Å². The largest absolute Gasteiger partial charge is 0.435 e. The molecule has 0 amide bonds. The van der Waals surface area contributed by atoms with Gasteiger partial charge in [-0.05, 0) is 69.9 Å². The molecule has 23 heavy (non-hydrogen) atoms. The lowest BCUT2D eigenvalue weighted by molar-refractivity contribution is 0.618. The molecule has 4 aromatic rings. The van der Waals surface area contributed by atoms with Gasteiger partial charge in [-0.25, -0.2) is 4.98 Å². The topological polar surface area (TPSA) is 26.0 Å². The number of hydrogen-bond donors (Lipinski definition) is 0. The summed E-state index contributed by atoms with van der Waals surface area (Å²) in [4.78, 5) is 4.71. The Morgan fingerprint density at radius 1 is 0.957 bits per heavy atom. The Morgan fingerprint density at radius 2 is 1.70 bits per heavy atom. The maximum atomic E-state index is 6.10. The van der Waals surface area contributed by atoms with Crippen LogP contribution in [-0.4, -0.2) is 4.98 Å². The van der Waals surface area contributed by atoms with E-state index in [2.05, 4.69) is 63.9 Å². The van der Waals surface area contributed by atoms with Gasteiger partial charge in [0.15, 0.2) is 5.58 Å². The highest BCUT2D eigenvalue weighted by Crippen LogP contribution is 2.36. The summed E-state index contributed by atoms with van der Waals surface area (Å²) in [6, 6.07) is 14.4. The fourth-order valence-corrected chi connectivity index (χ4v) is 3.91. The third kappa shape index (κ3) is 2.32. The molecule has 1 heterocycles. The molecule has 0 aliphatic rings. The number of oxazole rings is 1. The van der Waals surface area contributed by atoms with Crippen LogP contribution in [0.25, 0.3) is 33.3 Å². The van der Waals surface area contributed by atoms with Crippen LogP contribution in [0.5, 0.6) is 0 Å². The number of fused-ring (bicyclic) bond motifs is 2. The number of benzene rings is 3. The Bertz CT molecular complexity index is 1070. The van der Waals surface area contributed by atoms with Gasteiger partial charge in [-0.2, -0.15) is 0 Å². The molecule has 4 rings (SSSR count). The molecular formula is C19H13Br2NO. The van der Waals surface area contributed by atoms with E-state index in [1.54, 1.807) is 0 Å². The van der Waals surface area contributed by atoms with Crippen molar-refractivity contribution in [2.24, 2.45) is 0 Å². The summed E-state index contributed by atoms with van der Waals surface area (Å²) in [6.07, 6.45) is 0. The molecule has 0 bridgehead atoms. The van der Waals surface area contributed by atoms with Gasteiger partial charge in [-0.1, -0.05) is 40.2 Å². The SMILES string of the molecule is Cc1cc2nc(-c3cccc4c(Br)cccc34)oc2c(Br)c1C. The van der Waals surface area contributed by atoms with Gasteiger partial charge in [-0.15, -0.1) is 0 Å². The van der Waals surface area contributed by atoms with Crippen LogP contribution in [0.15, 0.2) is 55.8 Å². The van der Waals surface area contributed by atoms with Crippen molar-refractivity contribution in [3.63, 3.8) is 0 Å². The average Bonchev–Trinajstić information content (AvgIpc) is 2.96. The zero-order valence-electron chi connectivity index (χ0n) is 12.7. The summed E-state index contributed by atoms with van der Waals surface area (Å²) >= 11 is 7.25. The number of halogens is 2. The van der Waals surface area contributed by atoms with Crippen LogP contribution in [0.3, 0.4) is 0 Å². The van der Waals surface area contributed by atoms with Crippen LogP contribution in [0.1, 0.15) is 11.1 Å². The van der Waals surface area contributed by atoms with Crippen LogP contribution < -0.4 is 0 Å². The maximum Gasteiger partial charge on any atom is 0.228 e. The normalized spacial score (nSPS) is 11.5. The molecular weight excluding hydrogens is 418 g/mol. The van der Waals surface area contributed by atoms with Crippen molar-refractivity contribution in [3.8, 4) is 11.5 Å². The summed E-state index contributed by atoms with van der Waals surface area (Å²) < 4.78 is 8.14. The van der Waals surface area contributed by atoms with E-state index >= 15 is 0 Å². The molecule has 0 saturated carbocycles. The van der Waals surface area contributed by atoms with E-state index < -0.39 is 0 Å². The molecule has 0 saturated heterocycles. The fraction of sp³-hybridized carbons (Fsp3) is 0.105. The summed E-state index contributed by atoms with van der Waals surface area (Å²) in [5.74, 6) is 0.648. The lowest BCUT2D eigenvalue weighted by atomic mass is 10.0. The molecule has 0 unspecified atom stereocenters. The molecule has 0 fully saturated rings. The minimum atomic E-state index is 0.648. The fourth-order valence-electron chi connectivity index (χ4n) is 2.82. The Balaban J connectivity index is 2.04. The van der Waals surface area contributed by atoms with Crippen molar-refractivity contribution in [3.05, 3.63) is 62.5 Å². The van der Waals surface area contributed by atoms with E-state index in [1.807, 2.05) is 24.3 Å². The second-order valence-electron chi connectivity index (χ2n) is 5.64. The quantitative estimate of drug-likeness (QED) is 0.332. The van der Waals surface area contributed by atoms with Gasteiger partial charge < -0.3 is 4.42 Å². The van der Waals surface area contributed by atoms with Gasteiger partial charge >= 0.3 is 0 Å². The van der Waals surface area contributed by atoms with Crippen molar-refractivity contribution in [2.75, 3.05) is 0 Å². The molecule has 0 aliphatic heterocycles. The number of aryl methyl sites for hydroxylation is 1. The Kier molecular flexibility index (Phi) is 3.54. The molecule has 0 spiro atoms. The molecule has 2 nitrogen and oxygen atoms in total. The maximum absolute atomic E-state index is 6.10. The lowest BCUT2D eigenvalue weighted by Crippen LogP contribution is -1.83. The highest BCUT2D eigenvalue weighted by Gasteiger charge is 2.16. The first-order chi connectivity index (χ1) is 11.1. The number of rotatable bonds is 1. The summed E-state index contributed by atoms with van der Waals surface area (Å²) in [5.41, 5.74) is 5.06. The third-order valence-electron chi connectivity index (χ3n) is 4.23. The van der Waals surface area contributed by atoms with E-state index in [4.69, 9.17) is 9.40 Å². The average molecular weight is 431 g/mol. The van der Waals surface area contributed by atoms with E-state index in [0.717, 1.165) is 36.4 Å².